The number of sulfonamides is 1. The van der Waals surface area contributed by atoms with E-state index in [1.807, 2.05) is 6.92 Å². The van der Waals surface area contributed by atoms with Crippen LogP contribution in [0, 0.1) is 0 Å². The Labute approximate surface area is 120 Å². The number of hydrogen-bond acceptors (Lipinski definition) is 5. The first kappa shape index (κ1) is 16.9. The molecule has 3 N–H and O–H groups in total. The van der Waals surface area contributed by atoms with Crippen LogP contribution in [0.2, 0.25) is 0 Å². The highest BCUT2D eigenvalue weighted by Crippen LogP contribution is 2.22. The largest absolute Gasteiger partial charge is 0.493 e. The summed E-state index contributed by atoms with van der Waals surface area (Å²) in [6.45, 7) is 3.35. The highest BCUT2D eigenvalue weighted by molar-refractivity contribution is 7.89. The van der Waals surface area contributed by atoms with E-state index in [-0.39, 0.29) is 18.0 Å². The van der Waals surface area contributed by atoms with E-state index in [9.17, 15) is 8.42 Å². The second-order valence-corrected chi connectivity index (χ2v) is 5.98. The molecular weight excluding hydrogens is 280 g/mol. The molecule has 6 nitrogen and oxygen atoms in total. The van der Waals surface area contributed by atoms with Gasteiger partial charge in [0.25, 0.3) is 0 Å². The van der Waals surface area contributed by atoms with Gasteiger partial charge in [0.2, 0.25) is 10.0 Å². The van der Waals surface area contributed by atoms with Crippen LogP contribution in [0.15, 0.2) is 23.1 Å². The third kappa shape index (κ3) is 4.75. The number of methoxy groups -OCH3 is 1. The molecule has 20 heavy (non-hydrogen) atoms. The molecule has 0 heterocycles. The predicted octanol–water partition coefficient (Wildman–Crippen LogP) is 0.859. The minimum atomic E-state index is -3.54. The van der Waals surface area contributed by atoms with Gasteiger partial charge in [-0.3, -0.25) is 0 Å². The standard InChI is InChI=1S/C13H22N2O4S/c1-3-7-19-13-5-4-12(9-11(13)10-14)20(16,17)15-6-8-18-2/h4-5,9,15H,3,6-8,10,14H2,1-2H3. The van der Waals surface area contributed by atoms with Crippen LogP contribution in [0.4, 0.5) is 0 Å². The van der Waals surface area contributed by atoms with Gasteiger partial charge in [0.15, 0.2) is 0 Å². The molecule has 0 atom stereocenters. The zero-order valence-corrected chi connectivity index (χ0v) is 12.7. The van der Waals surface area contributed by atoms with Crippen LogP contribution in [0.5, 0.6) is 5.75 Å². The van der Waals surface area contributed by atoms with E-state index in [1.54, 1.807) is 12.1 Å². The molecule has 0 unspecified atom stereocenters. The maximum absolute atomic E-state index is 12.1. The Balaban J connectivity index is 2.91. The predicted molar refractivity (Wildman–Crippen MR) is 77.2 cm³/mol. The summed E-state index contributed by atoms with van der Waals surface area (Å²) in [6, 6.07) is 4.70. The van der Waals surface area contributed by atoms with Gasteiger partial charge in [-0.2, -0.15) is 0 Å². The van der Waals surface area contributed by atoms with Crippen molar-refractivity contribution in [2.75, 3.05) is 26.9 Å². The Morgan fingerprint density at radius 2 is 2.05 bits per heavy atom. The fourth-order valence-corrected chi connectivity index (χ4v) is 2.66. The Kier molecular flexibility index (Phi) is 6.94. The molecule has 0 aliphatic heterocycles. The maximum Gasteiger partial charge on any atom is 0.240 e. The SMILES string of the molecule is CCCOc1ccc(S(=O)(=O)NCCOC)cc1CN. The summed E-state index contributed by atoms with van der Waals surface area (Å²) in [6.07, 6.45) is 0.878. The zero-order chi connectivity index (χ0) is 15.0. The summed E-state index contributed by atoms with van der Waals surface area (Å²) in [7, 11) is -2.03. The van der Waals surface area contributed by atoms with Crippen LogP contribution in [0.3, 0.4) is 0 Å². The second kappa shape index (κ2) is 8.21. The van der Waals surface area contributed by atoms with Gasteiger partial charge < -0.3 is 15.2 Å². The Bertz CT molecular complexity index is 517. The lowest BCUT2D eigenvalue weighted by Crippen LogP contribution is -2.27. The molecule has 0 spiro atoms. The van der Waals surface area contributed by atoms with Crippen molar-refractivity contribution < 1.29 is 17.9 Å². The number of hydrogen-bond donors (Lipinski definition) is 2. The van der Waals surface area contributed by atoms with E-state index in [2.05, 4.69) is 4.72 Å². The molecule has 0 amide bonds. The molecule has 0 aliphatic carbocycles. The fourth-order valence-electron chi connectivity index (χ4n) is 1.60. The summed E-state index contributed by atoms with van der Waals surface area (Å²) in [4.78, 5) is 0.179. The molecule has 0 aliphatic rings. The summed E-state index contributed by atoms with van der Waals surface area (Å²) in [5.74, 6) is 0.630. The van der Waals surface area contributed by atoms with Crippen molar-refractivity contribution in [3.8, 4) is 5.75 Å². The summed E-state index contributed by atoms with van der Waals surface area (Å²) in [5.41, 5.74) is 6.32. The van der Waals surface area contributed by atoms with Crippen LogP contribution in [-0.2, 0) is 21.3 Å². The molecule has 0 saturated heterocycles. The highest BCUT2D eigenvalue weighted by atomic mass is 32.2. The molecule has 1 aromatic rings. The Morgan fingerprint density at radius 3 is 2.65 bits per heavy atom. The minimum absolute atomic E-state index is 0.179. The van der Waals surface area contributed by atoms with Crippen LogP contribution in [0.1, 0.15) is 18.9 Å². The van der Waals surface area contributed by atoms with E-state index in [4.69, 9.17) is 15.2 Å². The van der Waals surface area contributed by atoms with Gasteiger partial charge in [0, 0.05) is 25.8 Å². The first-order valence-corrected chi connectivity index (χ1v) is 7.97. The minimum Gasteiger partial charge on any atom is -0.493 e. The van der Waals surface area contributed by atoms with E-state index in [1.165, 1.54) is 13.2 Å². The third-order valence-corrected chi connectivity index (χ3v) is 4.08. The number of rotatable bonds is 9. The number of benzene rings is 1. The van der Waals surface area contributed by atoms with Crippen LogP contribution in [-0.4, -0.2) is 35.3 Å². The van der Waals surface area contributed by atoms with Crippen LogP contribution in [0.25, 0.3) is 0 Å². The van der Waals surface area contributed by atoms with Crippen LogP contribution >= 0.6 is 0 Å². The molecule has 0 fully saturated rings. The zero-order valence-electron chi connectivity index (χ0n) is 11.9. The lowest BCUT2D eigenvalue weighted by Gasteiger charge is -2.12. The van der Waals surface area contributed by atoms with Crippen molar-refractivity contribution in [2.24, 2.45) is 5.73 Å². The molecule has 0 bridgehead atoms. The normalized spacial score (nSPS) is 11.6. The molecule has 0 saturated carbocycles. The van der Waals surface area contributed by atoms with Gasteiger partial charge in [-0.05, 0) is 24.6 Å². The monoisotopic (exact) mass is 302 g/mol. The van der Waals surface area contributed by atoms with Gasteiger partial charge in [-0.15, -0.1) is 0 Å². The van der Waals surface area contributed by atoms with Gasteiger partial charge in [0.05, 0.1) is 18.1 Å². The van der Waals surface area contributed by atoms with Crippen molar-refractivity contribution in [1.29, 1.82) is 0 Å². The van der Waals surface area contributed by atoms with E-state index in [0.717, 1.165) is 6.42 Å². The lowest BCUT2D eigenvalue weighted by molar-refractivity contribution is 0.204. The fraction of sp³-hybridized carbons (Fsp3) is 0.538. The number of nitrogens with one attached hydrogen (secondary N) is 1. The van der Waals surface area contributed by atoms with Crippen molar-refractivity contribution in [3.05, 3.63) is 23.8 Å². The van der Waals surface area contributed by atoms with Gasteiger partial charge in [-0.25, -0.2) is 13.1 Å². The smallest absolute Gasteiger partial charge is 0.240 e. The second-order valence-electron chi connectivity index (χ2n) is 4.21. The number of ether oxygens (including phenoxy) is 2. The Hall–Kier alpha value is -1.15. The summed E-state index contributed by atoms with van der Waals surface area (Å²) < 4.78 is 36.9. The molecule has 0 radical (unpaired) electrons. The summed E-state index contributed by atoms with van der Waals surface area (Å²) >= 11 is 0. The van der Waals surface area contributed by atoms with E-state index in [0.29, 0.717) is 24.5 Å². The highest BCUT2D eigenvalue weighted by Gasteiger charge is 2.15. The average molecular weight is 302 g/mol. The van der Waals surface area contributed by atoms with E-state index < -0.39 is 10.0 Å². The third-order valence-electron chi connectivity index (χ3n) is 2.62. The lowest BCUT2D eigenvalue weighted by atomic mass is 10.2. The van der Waals surface area contributed by atoms with Gasteiger partial charge in [-0.1, -0.05) is 6.92 Å². The molecule has 0 aromatic heterocycles. The quantitative estimate of drug-likeness (QED) is 0.660. The maximum atomic E-state index is 12.1. The van der Waals surface area contributed by atoms with Crippen LogP contribution < -0.4 is 15.2 Å². The van der Waals surface area contributed by atoms with Crippen molar-refractivity contribution in [2.45, 2.75) is 24.8 Å². The van der Waals surface area contributed by atoms with Gasteiger partial charge >= 0.3 is 0 Å². The van der Waals surface area contributed by atoms with Crippen molar-refractivity contribution in [1.82, 2.24) is 4.72 Å². The molecule has 7 heteroatoms. The molecule has 1 aromatic carbocycles. The van der Waals surface area contributed by atoms with E-state index >= 15 is 0 Å². The topological polar surface area (TPSA) is 90.7 Å². The summed E-state index contributed by atoms with van der Waals surface area (Å²) in [5, 5.41) is 0. The first-order chi connectivity index (χ1) is 9.55. The molecule has 1 rings (SSSR count). The number of nitrogens with two attached hydrogens (primary N) is 1. The van der Waals surface area contributed by atoms with Gasteiger partial charge in [0.1, 0.15) is 5.75 Å². The van der Waals surface area contributed by atoms with Crippen molar-refractivity contribution >= 4 is 10.0 Å². The molecule has 114 valence electrons. The average Bonchev–Trinajstić information content (AvgIpc) is 2.45. The van der Waals surface area contributed by atoms with Crippen molar-refractivity contribution in [3.63, 3.8) is 0 Å². The first-order valence-electron chi connectivity index (χ1n) is 6.49. The Morgan fingerprint density at radius 1 is 1.30 bits per heavy atom. The molecular formula is C13H22N2O4S.